The zero-order valence-electron chi connectivity index (χ0n) is 14.4. The van der Waals surface area contributed by atoms with Gasteiger partial charge in [-0.2, -0.15) is 0 Å². The quantitative estimate of drug-likeness (QED) is 0.421. The van der Waals surface area contributed by atoms with Gasteiger partial charge in [0, 0.05) is 0 Å². The first-order chi connectivity index (χ1) is 9.04. The van der Waals surface area contributed by atoms with Gasteiger partial charge in [-0.3, -0.25) is 0 Å². The molecule has 0 nitrogen and oxygen atoms in total. The van der Waals surface area contributed by atoms with Gasteiger partial charge in [0.05, 0.1) is 0 Å². The Morgan fingerprint density at radius 3 is 2.05 bits per heavy atom. The Kier molecular flexibility index (Phi) is 7.47. The Morgan fingerprint density at radius 1 is 0.895 bits per heavy atom. The molecule has 0 aromatic rings. The maximum atomic E-state index is 2.51. The Balaban J connectivity index is 2.32. The summed E-state index contributed by atoms with van der Waals surface area (Å²) in [5.41, 5.74) is 0. The predicted octanol–water partition coefficient (Wildman–Crippen LogP) is 6.55. The molecule has 19 heavy (non-hydrogen) atoms. The molecule has 0 spiro atoms. The van der Waals surface area contributed by atoms with Crippen LogP contribution in [0.4, 0.5) is 0 Å². The zero-order valence-corrected chi connectivity index (χ0v) is 14.4. The van der Waals surface area contributed by atoms with Gasteiger partial charge in [0.1, 0.15) is 0 Å². The smallest absolute Gasteiger partial charge is 0.0355 e. The summed E-state index contributed by atoms with van der Waals surface area (Å²) in [6, 6.07) is 0. The molecule has 1 aliphatic carbocycles. The van der Waals surface area contributed by atoms with E-state index in [9.17, 15) is 0 Å². The standard InChI is InChI=1S/C19H38/c1-7-10-14(4)16(6)15(5)12-18-13-19(18)17(9-3)11-8-2/h14-19H,7-13H2,1-6H3. The first-order valence-corrected chi connectivity index (χ1v) is 9.04. The van der Waals surface area contributed by atoms with Crippen molar-refractivity contribution in [2.75, 3.05) is 0 Å². The van der Waals surface area contributed by atoms with Crippen LogP contribution < -0.4 is 0 Å². The lowest BCUT2D eigenvalue weighted by atomic mass is 9.79. The van der Waals surface area contributed by atoms with Crippen molar-refractivity contribution in [2.45, 2.75) is 86.5 Å². The van der Waals surface area contributed by atoms with Gasteiger partial charge in [-0.05, 0) is 48.3 Å². The molecule has 1 aliphatic rings. The number of hydrogen-bond donors (Lipinski definition) is 0. The SMILES string of the molecule is CCCC(C)C(C)C(C)CC1CC1C(CC)CCC. The summed E-state index contributed by atoms with van der Waals surface area (Å²) in [6.45, 7) is 14.5. The van der Waals surface area contributed by atoms with Crippen molar-refractivity contribution >= 4 is 0 Å². The van der Waals surface area contributed by atoms with Crippen LogP contribution in [-0.2, 0) is 0 Å². The molecule has 0 N–H and O–H groups in total. The summed E-state index contributed by atoms with van der Waals surface area (Å²) >= 11 is 0. The molecule has 0 amide bonds. The largest absolute Gasteiger partial charge is 0.0654 e. The monoisotopic (exact) mass is 266 g/mol. The zero-order chi connectivity index (χ0) is 14.4. The van der Waals surface area contributed by atoms with E-state index in [2.05, 4.69) is 41.5 Å². The van der Waals surface area contributed by atoms with Gasteiger partial charge >= 0.3 is 0 Å². The minimum absolute atomic E-state index is 0.910. The van der Waals surface area contributed by atoms with Crippen LogP contribution in [0.15, 0.2) is 0 Å². The van der Waals surface area contributed by atoms with Crippen LogP contribution in [0.5, 0.6) is 0 Å². The number of hydrogen-bond acceptors (Lipinski definition) is 0. The van der Waals surface area contributed by atoms with Crippen LogP contribution >= 0.6 is 0 Å². The minimum atomic E-state index is 0.910. The van der Waals surface area contributed by atoms with E-state index in [4.69, 9.17) is 0 Å². The van der Waals surface area contributed by atoms with Crippen LogP contribution in [0.25, 0.3) is 0 Å². The van der Waals surface area contributed by atoms with Crippen LogP contribution in [0.1, 0.15) is 86.5 Å². The Labute approximate surface area is 122 Å². The van der Waals surface area contributed by atoms with Crippen LogP contribution in [0.2, 0.25) is 0 Å². The highest BCUT2D eigenvalue weighted by molar-refractivity contribution is 4.92. The van der Waals surface area contributed by atoms with Crippen molar-refractivity contribution in [3.8, 4) is 0 Å². The van der Waals surface area contributed by atoms with E-state index in [1.807, 2.05) is 0 Å². The highest BCUT2D eigenvalue weighted by atomic mass is 14.5. The van der Waals surface area contributed by atoms with Gasteiger partial charge in [-0.1, -0.05) is 73.6 Å². The molecule has 0 aliphatic heterocycles. The van der Waals surface area contributed by atoms with E-state index in [-0.39, 0.29) is 0 Å². The maximum absolute atomic E-state index is 2.51. The first-order valence-electron chi connectivity index (χ1n) is 9.04. The lowest BCUT2D eigenvalue weighted by Gasteiger charge is -2.26. The molecule has 0 bridgehead atoms. The maximum Gasteiger partial charge on any atom is -0.0355 e. The molecule has 1 fully saturated rings. The van der Waals surface area contributed by atoms with Crippen molar-refractivity contribution in [3.63, 3.8) is 0 Å². The fourth-order valence-corrected chi connectivity index (χ4v) is 4.18. The highest BCUT2D eigenvalue weighted by Gasteiger charge is 2.42. The topological polar surface area (TPSA) is 0 Å². The third-order valence-corrected chi connectivity index (χ3v) is 5.98. The third kappa shape index (κ3) is 5.12. The molecule has 0 aromatic carbocycles. The molecule has 6 atom stereocenters. The van der Waals surface area contributed by atoms with E-state index in [1.54, 1.807) is 0 Å². The molecule has 0 saturated heterocycles. The van der Waals surface area contributed by atoms with Crippen molar-refractivity contribution in [2.24, 2.45) is 35.5 Å². The predicted molar refractivity (Wildman–Crippen MR) is 87.3 cm³/mol. The van der Waals surface area contributed by atoms with Crippen molar-refractivity contribution in [3.05, 3.63) is 0 Å². The molecular weight excluding hydrogens is 228 g/mol. The second-order valence-electron chi connectivity index (χ2n) is 7.45. The van der Waals surface area contributed by atoms with Crippen LogP contribution in [0.3, 0.4) is 0 Å². The first kappa shape index (κ1) is 17.1. The average Bonchev–Trinajstić information content (AvgIpc) is 3.14. The second-order valence-corrected chi connectivity index (χ2v) is 7.45. The van der Waals surface area contributed by atoms with Gasteiger partial charge in [0.2, 0.25) is 0 Å². The van der Waals surface area contributed by atoms with Crippen molar-refractivity contribution in [1.82, 2.24) is 0 Å². The molecule has 1 saturated carbocycles. The van der Waals surface area contributed by atoms with Crippen molar-refractivity contribution in [1.29, 1.82) is 0 Å². The highest BCUT2D eigenvalue weighted by Crippen LogP contribution is 2.51. The van der Waals surface area contributed by atoms with Gasteiger partial charge in [0.25, 0.3) is 0 Å². The second kappa shape index (κ2) is 8.32. The summed E-state index contributed by atoms with van der Waals surface area (Å²) < 4.78 is 0. The fourth-order valence-electron chi connectivity index (χ4n) is 4.18. The Bertz CT molecular complexity index is 232. The van der Waals surface area contributed by atoms with Crippen molar-refractivity contribution < 1.29 is 0 Å². The molecule has 0 heteroatoms. The van der Waals surface area contributed by atoms with Gasteiger partial charge in [-0.15, -0.1) is 0 Å². The van der Waals surface area contributed by atoms with Crippen LogP contribution in [-0.4, -0.2) is 0 Å². The molecule has 0 heterocycles. The molecule has 0 radical (unpaired) electrons. The Hall–Kier alpha value is 0. The van der Waals surface area contributed by atoms with E-state index >= 15 is 0 Å². The summed E-state index contributed by atoms with van der Waals surface area (Å²) in [7, 11) is 0. The number of rotatable bonds is 10. The summed E-state index contributed by atoms with van der Waals surface area (Å²) in [5.74, 6) is 5.94. The van der Waals surface area contributed by atoms with Crippen LogP contribution in [0, 0.1) is 35.5 Å². The molecule has 6 unspecified atom stereocenters. The Morgan fingerprint density at radius 2 is 1.53 bits per heavy atom. The molecule has 114 valence electrons. The lowest BCUT2D eigenvalue weighted by Crippen LogP contribution is -2.17. The average molecular weight is 267 g/mol. The molecule has 1 rings (SSSR count). The lowest BCUT2D eigenvalue weighted by molar-refractivity contribution is 0.237. The van der Waals surface area contributed by atoms with Gasteiger partial charge in [0.15, 0.2) is 0 Å². The third-order valence-electron chi connectivity index (χ3n) is 5.98. The summed E-state index contributed by atoms with van der Waals surface area (Å²) in [6.07, 6.45) is 10.0. The van der Waals surface area contributed by atoms with E-state index < -0.39 is 0 Å². The molecular formula is C19H38. The van der Waals surface area contributed by atoms with E-state index in [0.717, 1.165) is 35.5 Å². The van der Waals surface area contributed by atoms with E-state index in [1.165, 1.54) is 44.9 Å². The van der Waals surface area contributed by atoms with E-state index in [0.29, 0.717) is 0 Å². The normalized spacial score (nSPS) is 28.7. The summed E-state index contributed by atoms with van der Waals surface area (Å²) in [4.78, 5) is 0. The molecule has 0 aromatic heterocycles. The summed E-state index contributed by atoms with van der Waals surface area (Å²) in [5, 5.41) is 0. The fraction of sp³-hybridized carbons (Fsp3) is 1.00. The minimum Gasteiger partial charge on any atom is -0.0654 e. The van der Waals surface area contributed by atoms with Gasteiger partial charge < -0.3 is 0 Å². The van der Waals surface area contributed by atoms with Gasteiger partial charge in [-0.25, -0.2) is 0 Å².